The van der Waals surface area contributed by atoms with Crippen LogP contribution in [0.3, 0.4) is 0 Å². The molecular formula is C24H33ClN2O3. The molecule has 164 valence electrons. The summed E-state index contributed by atoms with van der Waals surface area (Å²) in [5, 5.41) is 0. The lowest BCUT2D eigenvalue weighted by atomic mass is 10.0. The van der Waals surface area contributed by atoms with Gasteiger partial charge in [-0.2, -0.15) is 0 Å². The summed E-state index contributed by atoms with van der Waals surface area (Å²) in [7, 11) is 3.19. The molecule has 0 aromatic heterocycles. The van der Waals surface area contributed by atoms with Crippen LogP contribution in [0.5, 0.6) is 11.5 Å². The maximum atomic E-state index is 12.6. The molecule has 1 aliphatic heterocycles. The Bertz CT molecular complexity index is 792. The number of nitrogens with zero attached hydrogens (tertiary/aromatic N) is 1. The third-order valence-electron chi connectivity index (χ3n) is 5.91. The number of hydrogen-bond donors (Lipinski definition) is 1. The van der Waals surface area contributed by atoms with E-state index in [1.165, 1.54) is 10.5 Å². The van der Waals surface area contributed by atoms with Crippen LogP contribution in [0.1, 0.15) is 29.3 Å². The minimum atomic E-state index is 0. The Morgan fingerprint density at radius 1 is 1.03 bits per heavy atom. The van der Waals surface area contributed by atoms with Crippen molar-refractivity contribution in [1.29, 1.82) is 0 Å². The van der Waals surface area contributed by atoms with Crippen molar-refractivity contribution in [1.82, 2.24) is 4.90 Å². The van der Waals surface area contributed by atoms with Crippen LogP contribution in [0.15, 0.2) is 48.5 Å². The second kappa shape index (κ2) is 11.9. The lowest BCUT2D eigenvalue weighted by Gasteiger charge is -2.36. The SMILES string of the molecule is COc1ccc(C(=O)CC[NH+]2CCN(C(C)Cc3ccccc3)CC2)cc1OC.[Cl-]. The van der Waals surface area contributed by atoms with Gasteiger partial charge in [-0.15, -0.1) is 0 Å². The lowest BCUT2D eigenvalue weighted by Crippen LogP contribution is -3.15. The number of benzene rings is 2. The molecule has 1 aliphatic rings. The van der Waals surface area contributed by atoms with Crippen LogP contribution in [0.4, 0.5) is 0 Å². The van der Waals surface area contributed by atoms with E-state index in [0.29, 0.717) is 29.5 Å². The van der Waals surface area contributed by atoms with E-state index in [1.807, 2.05) is 6.07 Å². The summed E-state index contributed by atoms with van der Waals surface area (Å²) in [5.41, 5.74) is 2.09. The normalized spacial score (nSPS) is 15.8. The zero-order valence-electron chi connectivity index (χ0n) is 18.2. The Morgan fingerprint density at radius 2 is 1.70 bits per heavy atom. The van der Waals surface area contributed by atoms with Gasteiger partial charge in [0.15, 0.2) is 17.3 Å². The number of ether oxygens (including phenoxy) is 2. The molecule has 0 aliphatic carbocycles. The standard InChI is InChI=1S/C24H32N2O3.ClH/c1-19(17-20-7-5-4-6-8-20)26-15-13-25(14-16-26)12-11-22(27)21-9-10-23(28-2)24(18-21)29-3;/h4-10,18-19H,11-17H2,1-3H3;1H. The largest absolute Gasteiger partial charge is 1.00 e. The molecule has 1 N–H and O–H groups in total. The molecule has 1 atom stereocenters. The highest BCUT2D eigenvalue weighted by Gasteiger charge is 2.24. The molecule has 2 aromatic rings. The Hall–Kier alpha value is -2.08. The number of halogens is 1. The lowest BCUT2D eigenvalue weighted by molar-refractivity contribution is -0.904. The van der Waals surface area contributed by atoms with Gasteiger partial charge in [0.1, 0.15) is 0 Å². The number of ketones is 1. The molecule has 30 heavy (non-hydrogen) atoms. The van der Waals surface area contributed by atoms with E-state index in [9.17, 15) is 4.79 Å². The van der Waals surface area contributed by atoms with E-state index >= 15 is 0 Å². The fraction of sp³-hybridized carbons (Fsp3) is 0.458. The molecule has 0 radical (unpaired) electrons. The number of methoxy groups -OCH3 is 2. The number of rotatable bonds is 9. The van der Waals surface area contributed by atoms with Crippen molar-refractivity contribution in [2.75, 3.05) is 46.9 Å². The van der Waals surface area contributed by atoms with Crippen LogP contribution in [-0.2, 0) is 6.42 Å². The Kier molecular flexibility index (Phi) is 9.63. The summed E-state index contributed by atoms with van der Waals surface area (Å²) in [6.07, 6.45) is 1.65. The van der Waals surface area contributed by atoms with E-state index in [-0.39, 0.29) is 18.2 Å². The smallest absolute Gasteiger partial charge is 0.168 e. The number of quaternary nitrogens is 1. The molecule has 1 saturated heterocycles. The molecule has 0 amide bonds. The summed E-state index contributed by atoms with van der Waals surface area (Å²) in [5.74, 6) is 1.42. The molecule has 0 spiro atoms. The number of carbonyl (C=O) groups excluding carboxylic acids is 1. The van der Waals surface area contributed by atoms with Crippen molar-refractivity contribution in [2.24, 2.45) is 0 Å². The monoisotopic (exact) mass is 432 g/mol. The number of piperazine rings is 1. The molecule has 2 aromatic carbocycles. The van der Waals surface area contributed by atoms with Gasteiger partial charge in [-0.3, -0.25) is 9.69 Å². The average Bonchev–Trinajstić information content (AvgIpc) is 2.78. The highest BCUT2D eigenvalue weighted by atomic mass is 35.5. The van der Waals surface area contributed by atoms with Crippen molar-refractivity contribution in [3.05, 3.63) is 59.7 Å². The van der Waals surface area contributed by atoms with Gasteiger partial charge in [0, 0.05) is 24.7 Å². The zero-order chi connectivity index (χ0) is 20.6. The summed E-state index contributed by atoms with van der Waals surface area (Å²) in [6, 6.07) is 16.6. The van der Waals surface area contributed by atoms with Gasteiger partial charge >= 0.3 is 0 Å². The van der Waals surface area contributed by atoms with E-state index in [1.54, 1.807) is 26.4 Å². The van der Waals surface area contributed by atoms with Gasteiger partial charge in [-0.25, -0.2) is 0 Å². The summed E-state index contributed by atoms with van der Waals surface area (Å²) >= 11 is 0. The van der Waals surface area contributed by atoms with Crippen LogP contribution >= 0.6 is 0 Å². The van der Waals surface area contributed by atoms with Crippen molar-refractivity contribution in [3.63, 3.8) is 0 Å². The summed E-state index contributed by atoms with van der Waals surface area (Å²) < 4.78 is 10.6. The second-order valence-corrected chi connectivity index (χ2v) is 7.82. The van der Waals surface area contributed by atoms with Gasteiger partial charge < -0.3 is 26.8 Å². The zero-order valence-corrected chi connectivity index (χ0v) is 19.0. The van der Waals surface area contributed by atoms with Gasteiger partial charge in [-0.1, -0.05) is 30.3 Å². The maximum absolute atomic E-state index is 12.6. The molecule has 3 rings (SSSR count). The third kappa shape index (κ3) is 6.46. The quantitative estimate of drug-likeness (QED) is 0.522. The first-order chi connectivity index (χ1) is 14.1. The second-order valence-electron chi connectivity index (χ2n) is 7.82. The van der Waals surface area contributed by atoms with Crippen LogP contribution in [0, 0.1) is 0 Å². The molecule has 1 fully saturated rings. The Labute approximate surface area is 186 Å². The average molecular weight is 433 g/mol. The van der Waals surface area contributed by atoms with E-state index in [4.69, 9.17) is 9.47 Å². The highest BCUT2D eigenvalue weighted by molar-refractivity contribution is 5.96. The topological polar surface area (TPSA) is 43.2 Å². The molecule has 1 unspecified atom stereocenters. The summed E-state index contributed by atoms with van der Waals surface area (Å²) in [4.78, 5) is 16.7. The first kappa shape index (κ1) is 24.2. The Morgan fingerprint density at radius 3 is 2.33 bits per heavy atom. The predicted octanol–water partition coefficient (Wildman–Crippen LogP) is -0.888. The number of hydrogen-bond acceptors (Lipinski definition) is 4. The van der Waals surface area contributed by atoms with Crippen molar-refractivity contribution in [2.45, 2.75) is 25.8 Å². The fourth-order valence-corrected chi connectivity index (χ4v) is 4.06. The highest BCUT2D eigenvalue weighted by Crippen LogP contribution is 2.27. The van der Waals surface area contributed by atoms with Gasteiger partial charge in [0.05, 0.1) is 40.3 Å². The fourth-order valence-electron chi connectivity index (χ4n) is 4.06. The number of nitrogens with one attached hydrogen (secondary N) is 1. The van der Waals surface area contributed by atoms with Crippen LogP contribution in [0.2, 0.25) is 0 Å². The van der Waals surface area contributed by atoms with E-state index < -0.39 is 0 Å². The number of carbonyl (C=O) groups is 1. The van der Waals surface area contributed by atoms with Crippen LogP contribution in [0.25, 0.3) is 0 Å². The van der Waals surface area contributed by atoms with Gasteiger partial charge in [-0.05, 0) is 37.1 Å². The Balaban J connectivity index is 0.00000320. The van der Waals surface area contributed by atoms with Crippen LogP contribution < -0.4 is 26.8 Å². The molecule has 0 saturated carbocycles. The van der Waals surface area contributed by atoms with E-state index in [0.717, 1.165) is 39.1 Å². The first-order valence-electron chi connectivity index (χ1n) is 10.5. The van der Waals surface area contributed by atoms with Crippen molar-refractivity contribution >= 4 is 5.78 Å². The van der Waals surface area contributed by atoms with Gasteiger partial charge in [0.25, 0.3) is 0 Å². The van der Waals surface area contributed by atoms with Crippen molar-refractivity contribution < 1.29 is 31.6 Å². The molecule has 6 heteroatoms. The number of Topliss-reactive ketones (excluding diaryl/α,β-unsaturated/α-hetero) is 1. The third-order valence-corrected chi connectivity index (χ3v) is 5.91. The minimum Gasteiger partial charge on any atom is -1.00 e. The molecule has 5 nitrogen and oxygen atoms in total. The summed E-state index contributed by atoms with van der Waals surface area (Å²) in [6.45, 7) is 7.57. The van der Waals surface area contributed by atoms with E-state index in [2.05, 4.69) is 42.2 Å². The van der Waals surface area contributed by atoms with Gasteiger partial charge in [0.2, 0.25) is 0 Å². The minimum absolute atomic E-state index is 0. The molecule has 1 heterocycles. The maximum Gasteiger partial charge on any atom is 0.168 e. The molecular weight excluding hydrogens is 400 g/mol. The van der Waals surface area contributed by atoms with Crippen molar-refractivity contribution in [3.8, 4) is 11.5 Å². The predicted molar refractivity (Wildman–Crippen MR) is 115 cm³/mol. The first-order valence-corrected chi connectivity index (χ1v) is 10.5. The molecule has 0 bridgehead atoms. The van der Waals surface area contributed by atoms with Crippen LogP contribution in [-0.4, -0.2) is 63.7 Å².